The van der Waals surface area contributed by atoms with Gasteiger partial charge >= 0.3 is 0 Å². The highest BCUT2D eigenvalue weighted by atomic mass is 32.1. The molecule has 0 spiro atoms. The molecule has 2 aromatic rings. The summed E-state index contributed by atoms with van der Waals surface area (Å²) in [6, 6.07) is 9.62. The molecule has 3 rings (SSSR count). The molecule has 1 saturated heterocycles. The molecule has 1 aromatic carbocycles. The molecule has 0 aliphatic carbocycles. The number of aromatic nitrogens is 2. The summed E-state index contributed by atoms with van der Waals surface area (Å²) >= 11 is 1.36. The maximum absolute atomic E-state index is 12.0. The lowest BCUT2D eigenvalue weighted by atomic mass is 10.2. The lowest BCUT2D eigenvalue weighted by Crippen LogP contribution is -2.12. The summed E-state index contributed by atoms with van der Waals surface area (Å²) in [5.41, 5.74) is 0.767. The monoisotopic (exact) mass is 274 g/mol. The Bertz CT molecular complexity index is 563. The van der Waals surface area contributed by atoms with Crippen molar-refractivity contribution in [2.75, 3.05) is 11.9 Å². The molecule has 0 radical (unpaired) electrons. The number of para-hydroxylation sites is 1. The van der Waals surface area contributed by atoms with Gasteiger partial charge in [0, 0.05) is 5.69 Å². The normalized spacial score (nSPS) is 18.4. The van der Waals surface area contributed by atoms with Crippen molar-refractivity contribution in [1.82, 2.24) is 15.5 Å². The van der Waals surface area contributed by atoms with E-state index >= 15 is 0 Å². The number of nitrogens with zero attached hydrogens (tertiary/aromatic N) is 2. The Morgan fingerprint density at radius 1 is 1.32 bits per heavy atom. The Labute approximate surface area is 115 Å². The molecule has 1 unspecified atom stereocenters. The fourth-order valence-corrected chi connectivity index (χ4v) is 2.92. The molecule has 1 aliphatic rings. The lowest BCUT2D eigenvalue weighted by Gasteiger charge is -2.03. The summed E-state index contributed by atoms with van der Waals surface area (Å²) in [4.78, 5) is 12.0. The van der Waals surface area contributed by atoms with Gasteiger partial charge in [-0.1, -0.05) is 29.5 Å². The van der Waals surface area contributed by atoms with E-state index in [1.165, 1.54) is 11.3 Å². The van der Waals surface area contributed by atoms with Gasteiger partial charge in [0.25, 0.3) is 5.91 Å². The topological polar surface area (TPSA) is 66.9 Å². The predicted molar refractivity (Wildman–Crippen MR) is 74.3 cm³/mol. The molecular weight excluding hydrogens is 260 g/mol. The number of anilines is 1. The van der Waals surface area contributed by atoms with Crippen LogP contribution < -0.4 is 10.6 Å². The number of hydrogen-bond donors (Lipinski definition) is 2. The van der Waals surface area contributed by atoms with E-state index in [9.17, 15) is 4.79 Å². The third kappa shape index (κ3) is 2.80. The van der Waals surface area contributed by atoms with Gasteiger partial charge in [-0.15, -0.1) is 10.2 Å². The van der Waals surface area contributed by atoms with Gasteiger partial charge in [0.15, 0.2) is 0 Å². The minimum Gasteiger partial charge on any atom is -0.320 e. The zero-order valence-corrected chi connectivity index (χ0v) is 11.1. The molecule has 1 amide bonds. The van der Waals surface area contributed by atoms with Crippen LogP contribution in [0.4, 0.5) is 5.69 Å². The predicted octanol–water partition coefficient (Wildman–Crippen LogP) is 2.21. The van der Waals surface area contributed by atoms with Crippen molar-refractivity contribution >= 4 is 22.9 Å². The van der Waals surface area contributed by atoms with E-state index < -0.39 is 0 Å². The fraction of sp³-hybridized carbons (Fsp3) is 0.308. The molecule has 2 heterocycles. The highest BCUT2D eigenvalue weighted by Crippen LogP contribution is 2.25. The summed E-state index contributed by atoms with van der Waals surface area (Å²) < 4.78 is 0. The third-order valence-corrected chi connectivity index (χ3v) is 4.06. The second kappa shape index (κ2) is 5.46. The van der Waals surface area contributed by atoms with Crippen molar-refractivity contribution in [3.63, 3.8) is 0 Å². The Kier molecular flexibility index (Phi) is 3.52. The van der Waals surface area contributed by atoms with Crippen LogP contribution in [0.1, 0.15) is 33.7 Å². The van der Waals surface area contributed by atoms with E-state index in [1.807, 2.05) is 30.3 Å². The Balaban J connectivity index is 1.70. The van der Waals surface area contributed by atoms with E-state index in [4.69, 9.17) is 0 Å². The molecule has 0 saturated carbocycles. The fourth-order valence-electron chi connectivity index (χ4n) is 2.07. The highest BCUT2D eigenvalue weighted by molar-refractivity contribution is 7.13. The SMILES string of the molecule is O=C(Nc1ccccc1)c1nnc(C2CCCN2)s1. The molecule has 1 fully saturated rings. The van der Waals surface area contributed by atoms with Gasteiger partial charge in [-0.3, -0.25) is 4.79 Å². The number of carbonyl (C=O) groups excluding carboxylic acids is 1. The molecule has 5 nitrogen and oxygen atoms in total. The summed E-state index contributed by atoms with van der Waals surface area (Å²) in [6.45, 7) is 1.01. The van der Waals surface area contributed by atoms with E-state index in [2.05, 4.69) is 20.8 Å². The maximum Gasteiger partial charge on any atom is 0.286 e. The van der Waals surface area contributed by atoms with Crippen LogP contribution in [0.15, 0.2) is 30.3 Å². The molecule has 1 atom stereocenters. The average molecular weight is 274 g/mol. The number of benzene rings is 1. The Morgan fingerprint density at radius 2 is 2.16 bits per heavy atom. The average Bonchev–Trinajstić information content (AvgIpc) is 3.11. The number of rotatable bonds is 3. The first-order chi connectivity index (χ1) is 9.33. The minimum atomic E-state index is -0.201. The maximum atomic E-state index is 12.0. The largest absolute Gasteiger partial charge is 0.320 e. The zero-order chi connectivity index (χ0) is 13.1. The summed E-state index contributed by atoms with van der Waals surface area (Å²) in [7, 11) is 0. The van der Waals surface area contributed by atoms with Gasteiger partial charge < -0.3 is 10.6 Å². The van der Waals surface area contributed by atoms with Crippen molar-refractivity contribution in [3.05, 3.63) is 40.3 Å². The number of amides is 1. The second-order valence-corrected chi connectivity index (χ2v) is 5.42. The van der Waals surface area contributed by atoms with Crippen LogP contribution in [0.2, 0.25) is 0 Å². The third-order valence-electron chi connectivity index (χ3n) is 3.02. The molecular formula is C13H14N4OS. The molecule has 6 heteroatoms. The standard InChI is InChI=1S/C13H14N4OS/c18-11(15-9-5-2-1-3-6-9)13-17-16-12(19-13)10-7-4-8-14-10/h1-3,5-6,10,14H,4,7-8H2,(H,15,18). The first kappa shape index (κ1) is 12.3. The van der Waals surface area contributed by atoms with Crippen LogP contribution >= 0.6 is 11.3 Å². The second-order valence-electron chi connectivity index (χ2n) is 4.41. The van der Waals surface area contributed by atoms with Gasteiger partial charge in [0.2, 0.25) is 5.01 Å². The van der Waals surface area contributed by atoms with Crippen LogP contribution in [0.25, 0.3) is 0 Å². The van der Waals surface area contributed by atoms with Crippen molar-refractivity contribution < 1.29 is 4.79 Å². The van der Waals surface area contributed by atoms with Crippen LogP contribution in [-0.2, 0) is 0 Å². The minimum absolute atomic E-state index is 0.201. The molecule has 1 aliphatic heterocycles. The zero-order valence-electron chi connectivity index (χ0n) is 10.3. The van der Waals surface area contributed by atoms with Gasteiger partial charge in [0.05, 0.1) is 6.04 Å². The number of carbonyl (C=O) groups is 1. The molecule has 1 aromatic heterocycles. The highest BCUT2D eigenvalue weighted by Gasteiger charge is 2.22. The van der Waals surface area contributed by atoms with Crippen molar-refractivity contribution in [2.24, 2.45) is 0 Å². The van der Waals surface area contributed by atoms with Crippen molar-refractivity contribution in [2.45, 2.75) is 18.9 Å². The lowest BCUT2D eigenvalue weighted by molar-refractivity contribution is 0.102. The summed E-state index contributed by atoms with van der Waals surface area (Å²) in [5, 5.41) is 15.5. The van der Waals surface area contributed by atoms with Gasteiger partial charge in [-0.2, -0.15) is 0 Å². The quantitative estimate of drug-likeness (QED) is 0.900. The number of hydrogen-bond acceptors (Lipinski definition) is 5. The van der Waals surface area contributed by atoms with Crippen molar-refractivity contribution in [1.29, 1.82) is 0 Å². The Hall–Kier alpha value is -1.79. The summed E-state index contributed by atoms with van der Waals surface area (Å²) in [5.74, 6) is -0.201. The Morgan fingerprint density at radius 3 is 2.89 bits per heavy atom. The molecule has 0 bridgehead atoms. The van der Waals surface area contributed by atoms with Gasteiger partial charge in [-0.05, 0) is 31.5 Å². The molecule has 19 heavy (non-hydrogen) atoms. The first-order valence-electron chi connectivity index (χ1n) is 6.26. The van der Waals surface area contributed by atoms with E-state index in [0.717, 1.165) is 30.1 Å². The van der Waals surface area contributed by atoms with Crippen LogP contribution in [0, 0.1) is 0 Å². The molecule has 98 valence electrons. The van der Waals surface area contributed by atoms with Crippen LogP contribution in [0.3, 0.4) is 0 Å². The number of nitrogens with one attached hydrogen (secondary N) is 2. The van der Waals surface area contributed by atoms with Crippen LogP contribution in [-0.4, -0.2) is 22.6 Å². The van der Waals surface area contributed by atoms with Gasteiger partial charge in [0.1, 0.15) is 5.01 Å². The van der Waals surface area contributed by atoms with Crippen LogP contribution in [0.5, 0.6) is 0 Å². The summed E-state index contributed by atoms with van der Waals surface area (Å²) in [6.07, 6.45) is 2.21. The van der Waals surface area contributed by atoms with E-state index in [-0.39, 0.29) is 11.9 Å². The van der Waals surface area contributed by atoms with Crippen molar-refractivity contribution in [3.8, 4) is 0 Å². The smallest absolute Gasteiger partial charge is 0.286 e. The van der Waals surface area contributed by atoms with Gasteiger partial charge in [-0.25, -0.2) is 0 Å². The molecule has 2 N–H and O–H groups in total. The first-order valence-corrected chi connectivity index (χ1v) is 7.08. The van der Waals surface area contributed by atoms with E-state index in [1.54, 1.807) is 0 Å². The van der Waals surface area contributed by atoms with E-state index in [0.29, 0.717) is 5.01 Å².